The highest BCUT2D eigenvalue weighted by Crippen LogP contribution is 2.18. The molecule has 4 heteroatoms. The second kappa shape index (κ2) is 4.42. The molecule has 90 valence electrons. The van der Waals surface area contributed by atoms with Crippen LogP contribution in [0, 0.1) is 5.82 Å². The molecule has 1 aromatic carbocycles. The van der Waals surface area contributed by atoms with Crippen molar-refractivity contribution in [2.75, 3.05) is 0 Å². The molecule has 0 atom stereocenters. The van der Waals surface area contributed by atoms with E-state index in [0.717, 1.165) is 16.9 Å². The van der Waals surface area contributed by atoms with Crippen molar-refractivity contribution in [2.24, 2.45) is 0 Å². The van der Waals surface area contributed by atoms with Gasteiger partial charge in [-0.25, -0.2) is 9.37 Å². The first-order chi connectivity index (χ1) is 8.74. The highest BCUT2D eigenvalue weighted by atomic mass is 35.5. The number of hydrogen-bond donors (Lipinski definition) is 0. The van der Waals surface area contributed by atoms with Crippen molar-refractivity contribution in [1.82, 2.24) is 9.38 Å². The molecular weight excluding hydrogens is 251 g/mol. The maximum atomic E-state index is 13.1. The van der Waals surface area contributed by atoms with Gasteiger partial charge in [-0.1, -0.05) is 29.8 Å². The third-order valence-electron chi connectivity index (χ3n) is 2.83. The fourth-order valence-electron chi connectivity index (χ4n) is 2.02. The van der Waals surface area contributed by atoms with Crippen LogP contribution >= 0.6 is 11.6 Å². The molecule has 2 heterocycles. The number of fused-ring (bicyclic) bond motifs is 1. The highest BCUT2D eigenvalue weighted by Gasteiger charge is 2.07. The molecule has 0 bridgehead atoms. The maximum Gasteiger partial charge on any atom is 0.123 e. The molecule has 0 unspecified atom stereocenters. The van der Waals surface area contributed by atoms with Crippen molar-refractivity contribution < 1.29 is 4.39 Å². The Balaban J connectivity index is 2.05. The minimum Gasteiger partial charge on any atom is -0.287 e. The maximum absolute atomic E-state index is 13.1. The molecule has 0 aliphatic heterocycles. The Morgan fingerprint density at radius 3 is 2.83 bits per heavy atom. The van der Waals surface area contributed by atoms with Gasteiger partial charge in [0.05, 0.1) is 11.7 Å². The highest BCUT2D eigenvalue weighted by molar-refractivity contribution is 6.29. The van der Waals surface area contributed by atoms with E-state index in [1.807, 2.05) is 28.7 Å². The van der Waals surface area contributed by atoms with Gasteiger partial charge in [0.1, 0.15) is 16.8 Å². The van der Waals surface area contributed by atoms with Gasteiger partial charge in [0.2, 0.25) is 0 Å². The molecule has 0 amide bonds. The number of halogens is 2. The smallest absolute Gasteiger partial charge is 0.123 e. The monoisotopic (exact) mass is 260 g/mol. The topological polar surface area (TPSA) is 17.3 Å². The van der Waals surface area contributed by atoms with Crippen molar-refractivity contribution >= 4 is 17.1 Å². The zero-order valence-corrected chi connectivity index (χ0v) is 10.2. The average Bonchev–Trinajstić information content (AvgIpc) is 2.74. The van der Waals surface area contributed by atoms with Crippen LogP contribution in [-0.2, 0) is 6.42 Å². The van der Waals surface area contributed by atoms with Crippen molar-refractivity contribution in [1.29, 1.82) is 0 Å². The molecule has 0 fully saturated rings. The molecule has 3 aromatic rings. The fraction of sp³-hybridized carbons (Fsp3) is 0.0714. The number of pyridine rings is 1. The predicted octanol–water partition coefficient (Wildman–Crippen LogP) is 3.72. The SMILES string of the molecule is Fc1cccc(Cc2ncc3cccc(Cl)n23)c1. The molecule has 0 saturated heterocycles. The van der Waals surface area contributed by atoms with Crippen LogP contribution in [0.3, 0.4) is 0 Å². The van der Waals surface area contributed by atoms with E-state index in [1.165, 1.54) is 12.1 Å². The van der Waals surface area contributed by atoms with E-state index < -0.39 is 0 Å². The van der Waals surface area contributed by atoms with Crippen LogP contribution in [0.25, 0.3) is 5.52 Å². The molecule has 3 rings (SSSR count). The standard InChI is InChI=1S/C14H10ClFN2/c15-13-6-2-5-12-9-17-14(18(12)13)8-10-3-1-4-11(16)7-10/h1-7,9H,8H2. The molecule has 18 heavy (non-hydrogen) atoms. The lowest BCUT2D eigenvalue weighted by Gasteiger charge is -2.04. The first kappa shape index (κ1) is 11.2. The van der Waals surface area contributed by atoms with Gasteiger partial charge in [0.15, 0.2) is 0 Å². The largest absolute Gasteiger partial charge is 0.287 e. The minimum atomic E-state index is -0.237. The fourth-order valence-corrected chi connectivity index (χ4v) is 2.29. The van der Waals surface area contributed by atoms with Crippen LogP contribution in [0.15, 0.2) is 48.7 Å². The van der Waals surface area contributed by atoms with Crippen molar-refractivity contribution in [3.63, 3.8) is 0 Å². The third-order valence-corrected chi connectivity index (χ3v) is 3.12. The predicted molar refractivity (Wildman–Crippen MR) is 69.4 cm³/mol. The van der Waals surface area contributed by atoms with Gasteiger partial charge in [-0.05, 0) is 29.8 Å². The molecule has 2 aromatic heterocycles. The normalized spacial score (nSPS) is 11.0. The van der Waals surface area contributed by atoms with E-state index in [4.69, 9.17) is 11.6 Å². The summed E-state index contributed by atoms with van der Waals surface area (Å²) in [5.74, 6) is 0.570. The first-order valence-electron chi connectivity index (χ1n) is 5.59. The van der Waals surface area contributed by atoms with Crippen LogP contribution in [0.4, 0.5) is 4.39 Å². The van der Waals surface area contributed by atoms with Gasteiger partial charge in [-0.2, -0.15) is 0 Å². The Morgan fingerprint density at radius 2 is 2.00 bits per heavy atom. The number of aromatic nitrogens is 2. The summed E-state index contributed by atoms with van der Waals surface area (Å²) in [4.78, 5) is 4.34. The molecular formula is C14H10ClFN2. The number of hydrogen-bond acceptors (Lipinski definition) is 1. The van der Waals surface area contributed by atoms with Crippen LogP contribution in [0.5, 0.6) is 0 Å². The van der Waals surface area contributed by atoms with Crippen molar-refractivity contribution in [3.05, 3.63) is 71.0 Å². The van der Waals surface area contributed by atoms with E-state index in [-0.39, 0.29) is 5.82 Å². The molecule has 0 spiro atoms. The second-order valence-electron chi connectivity index (χ2n) is 4.09. The van der Waals surface area contributed by atoms with Crippen molar-refractivity contribution in [3.8, 4) is 0 Å². The molecule has 0 aliphatic rings. The summed E-state index contributed by atoms with van der Waals surface area (Å²) < 4.78 is 15.0. The quantitative estimate of drug-likeness (QED) is 0.642. The Morgan fingerprint density at radius 1 is 1.17 bits per heavy atom. The van der Waals surface area contributed by atoms with E-state index in [1.54, 1.807) is 12.3 Å². The van der Waals surface area contributed by atoms with E-state index in [0.29, 0.717) is 11.6 Å². The molecule has 2 nitrogen and oxygen atoms in total. The van der Waals surface area contributed by atoms with Gasteiger partial charge in [-0.3, -0.25) is 4.40 Å². The number of imidazole rings is 1. The van der Waals surface area contributed by atoms with E-state index in [9.17, 15) is 4.39 Å². The average molecular weight is 261 g/mol. The Bertz CT molecular complexity index is 706. The molecule has 0 saturated carbocycles. The van der Waals surface area contributed by atoms with Gasteiger partial charge in [0.25, 0.3) is 0 Å². The lowest BCUT2D eigenvalue weighted by molar-refractivity contribution is 0.625. The zero-order chi connectivity index (χ0) is 12.5. The van der Waals surface area contributed by atoms with Crippen molar-refractivity contribution in [2.45, 2.75) is 6.42 Å². The summed E-state index contributed by atoms with van der Waals surface area (Å²) in [6.45, 7) is 0. The summed E-state index contributed by atoms with van der Waals surface area (Å²) in [5.41, 5.74) is 1.82. The molecule has 0 N–H and O–H groups in total. The molecule has 0 radical (unpaired) electrons. The zero-order valence-electron chi connectivity index (χ0n) is 9.48. The summed E-state index contributed by atoms with van der Waals surface area (Å²) in [6, 6.07) is 12.1. The van der Waals surface area contributed by atoms with Crippen LogP contribution in [0.2, 0.25) is 5.15 Å². The van der Waals surface area contributed by atoms with Gasteiger partial charge in [-0.15, -0.1) is 0 Å². The Labute approximate surface area is 109 Å². The lowest BCUT2D eigenvalue weighted by atomic mass is 10.1. The van der Waals surface area contributed by atoms with Gasteiger partial charge >= 0.3 is 0 Å². The third kappa shape index (κ3) is 1.97. The first-order valence-corrected chi connectivity index (χ1v) is 5.97. The molecule has 0 aliphatic carbocycles. The summed E-state index contributed by atoms with van der Waals surface area (Å²) >= 11 is 6.15. The van der Waals surface area contributed by atoms with Crippen LogP contribution in [0.1, 0.15) is 11.4 Å². The summed E-state index contributed by atoms with van der Waals surface area (Å²) in [6.07, 6.45) is 2.32. The van der Waals surface area contributed by atoms with Crippen LogP contribution < -0.4 is 0 Å². The number of rotatable bonds is 2. The number of benzene rings is 1. The summed E-state index contributed by atoms with van der Waals surface area (Å²) in [5, 5.41) is 0.608. The lowest BCUT2D eigenvalue weighted by Crippen LogP contribution is -1.97. The Hall–Kier alpha value is -1.87. The number of nitrogens with zero attached hydrogens (tertiary/aromatic N) is 2. The van der Waals surface area contributed by atoms with Gasteiger partial charge in [0, 0.05) is 6.42 Å². The van der Waals surface area contributed by atoms with Gasteiger partial charge < -0.3 is 0 Å². The van der Waals surface area contributed by atoms with E-state index in [2.05, 4.69) is 4.98 Å². The second-order valence-corrected chi connectivity index (χ2v) is 4.48. The van der Waals surface area contributed by atoms with Crippen LogP contribution in [-0.4, -0.2) is 9.38 Å². The Kier molecular flexibility index (Phi) is 2.76. The summed E-state index contributed by atoms with van der Waals surface area (Å²) in [7, 11) is 0. The van der Waals surface area contributed by atoms with E-state index >= 15 is 0 Å². The minimum absolute atomic E-state index is 0.237.